The van der Waals surface area contributed by atoms with Gasteiger partial charge in [0.15, 0.2) is 0 Å². The molecular weight excluding hydrogens is 282 g/mol. The Morgan fingerprint density at radius 2 is 1.95 bits per heavy atom. The van der Waals surface area contributed by atoms with E-state index in [1.54, 1.807) is 5.01 Å². The third-order valence-electron chi connectivity index (χ3n) is 2.73. The third kappa shape index (κ3) is 4.10. The van der Waals surface area contributed by atoms with Crippen LogP contribution in [-0.2, 0) is 14.8 Å². The zero-order valence-electron chi connectivity index (χ0n) is 11.4. The van der Waals surface area contributed by atoms with Gasteiger partial charge in [-0.25, -0.2) is 23.4 Å². The molecule has 0 atom stereocenters. The van der Waals surface area contributed by atoms with E-state index < -0.39 is 10.0 Å². The van der Waals surface area contributed by atoms with Gasteiger partial charge in [-0.15, -0.1) is 4.83 Å². The molecule has 1 aliphatic rings. The molecule has 2 N–H and O–H groups in total. The van der Waals surface area contributed by atoms with E-state index >= 15 is 0 Å². The molecule has 2 rings (SSSR count). The van der Waals surface area contributed by atoms with Crippen molar-refractivity contribution >= 4 is 16.0 Å². The third-order valence-corrected chi connectivity index (χ3v) is 4.06. The van der Waals surface area contributed by atoms with Gasteiger partial charge >= 0.3 is 0 Å². The first-order valence-corrected chi connectivity index (χ1v) is 8.01. The van der Waals surface area contributed by atoms with Crippen LogP contribution in [0.4, 0.5) is 5.95 Å². The largest absolute Gasteiger partial charge is 0.379 e. The van der Waals surface area contributed by atoms with E-state index in [0.29, 0.717) is 32.3 Å². The molecule has 0 aromatic carbocycles. The minimum absolute atomic E-state index is 0.0473. The highest BCUT2D eigenvalue weighted by Gasteiger charge is 2.20. The zero-order chi connectivity index (χ0) is 14.4. The van der Waals surface area contributed by atoms with Crippen molar-refractivity contribution in [2.45, 2.75) is 18.2 Å². The molecule has 9 heteroatoms. The Morgan fingerprint density at radius 3 is 2.55 bits per heavy atom. The molecule has 1 aliphatic heterocycles. The lowest BCUT2D eigenvalue weighted by Crippen LogP contribution is -2.48. The maximum absolute atomic E-state index is 12.1. The molecule has 2 heterocycles. The Bertz CT molecular complexity index is 513. The molecule has 0 bridgehead atoms. The van der Waals surface area contributed by atoms with Crippen LogP contribution in [0.5, 0.6) is 0 Å². The van der Waals surface area contributed by atoms with Gasteiger partial charge in [0.25, 0.3) is 10.0 Å². The molecule has 20 heavy (non-hydrogen) atoms. The predicted molar refractivity (Wildman–Crippen MR) is 73.5 cm³/mol. The van der Waals surface area contributed by atoms with Crippen molar-refractivity contribution in [2.75, 3.05) is 38.2 Å². The van der Waals surface area contributed by atoms with Crippen LogP contribution in [0.25, 0.3) is 0 Å². The minimum Gasteiger partial charge on any atom is -0.379 e. The second-order valence-corrected chi connectivity index (χ2v) is 6.02. The number of ether oxygens (including phenoxy) is 1. The second kappa shape index (κ2) is 6.93. The number of aromatic nitrogens is 2. The number of hydrazine groups is 1. The van der Waals surface area contributed by atoms with Gasteiger partial charge in [0.2, 0.25) is 5.95 Å². The SMILES string of the molecule is CCCNc1ncc(S(=O)(=O)NN2CCOCC2)cn1. The highest BCUT2D eigenvalue weighted by atomic mass is 32.2. The normalized spacial score (nSPS) is 17.1. The van der Waals surface area contributed by atoms with Crippen molar-refractivity contribution in [2.24, 2.45) is 0 Å². The fourth-order valence-electron chi connectivity index (χ4n) is 1.66. The number of hydrogen-bond acceptors (Lipinski definition) is 7. The van der Waals surface area contributed by atoms with Crippen LogP contribution in [0.2, 0.25) is 0 Å². The van der Waals surface area contributed by atoms with Gasteiger partial charge in [-0.05, 0) is 6.42 Å². The van der Waals surface area contributed by atoms with Crippen molar-refractivity contribution in [1.29, 1.82) is 0 Å². The average Bonchev–Trinajstić information content (AvgIpc) is 2.46. The van der Waals surface area contributed by atoms with Crippen molar-refractivity contribution in [3.8, 4) is 0 Å². The summed E-state index contributed by atoms with van der Waals surface area (Å²) in [4.78, 5) is 10.5. The van der Waals surface area contributed by atoms with Gasteiger partial charge in [0.1, 0.15) is 4.90 Å². The Morgan fingerprint density at radius 1 is 1.30 bits per heavy atom. The van der Waals surface area contributed by atoms with E-state index in [2.05, 4.69) is 20.1 Å². The van der Waals surface area contributed by atoms with Crippen LogP contribution in [-0.4, -0.2) is 56.2 Å². The highest BCUT2D eigenvalue weighted by Crippen LogP contribution is 2.08. The van der Waals surface area contributed by atoms with Crippen molar-refractivity contribution in [3.05, 3.63) is 12.4 Å². The lowest BCUT2D eigenvalue weighted by Gasteiger charge is -2.26. The molecule has 1 aromatic heterocycles. The Kier molecular flexibility index (Phi) is 5.24. The molecule has 0 radical (unpaired) electrons. The summed E-state index contributed by atoms with van der Waals surface area (Å²) in [6.07, 6.45) is 3.55. The van der Waals surface area contributed by atoms with Gasteiger partial charge in [0, 0.05) is 19.6 Å². The fraction of sp³-hybridized carbons (Fsp3) is 0.636. The fourth-order valence-corrected chi connectivity index (χ4v) is 2.67. The molecule has 0 amide bonds. The summed E-state index contributed by atoms with van der Waals surface area (Å²) < 4.78 is 29.4. The predicted octanol–water partition coefficient (Wildman–Crippen LogP) is -0.176. The van der Waals surface area contributed by atoms with E-state index in [0.717, 1.165) is 13.0 Å². The van der Waals surface area contributed by atoms with E-state index in [-0.39, 0.29) is 4.90 Å². The number of hydrogen-bond donors (Lipinski definition) is 2. The molecule has 0 spiro atoms. The molecule has 0 aliphatic carbocycles. The smallest absolute Gasteiger partial charge is 0.256 e. The number of anilines is 1. The second-order valence-electron chi connectivity index (χ2n) is 4.36. The summed E-state index contributed by atoms with van der Waals surface area (Å²) in [6.45, 7) is 4.85. The van der Waals surface area contributed by atoms with E-state index in [1.807, 2.05) is 6.92 Å². The van der Waals surface area contributed by atoms with Gasteiger partial charge in [-0.3, -0.25) is 0 Å². The zero-order valence-corrected chi connectivity index (χ0v) is 12.2. The number of nitrogens with one attached hydrogen (secondary N) is 2. The number of morpholine rings is 1. The molecule has 0 saturated carbocycles. The van der Waals surface area contributed by atoms with Crippen molar-refractivity contribution in [3.63, 3.8) is 0 Å². The van der Waals surface area contributed by atoms with Gasteiger partial charge in [-0.1, -0.05) is 6.92 Å². The van der Waals surface area contributed by atoms with Gasteiger partial charge in [-0.2, -0.15) is 0 Å². The highest BCUT2D eigenvalue weighted by molar-refractivity contribution is 7.89. The number of nitrogens with zero attached hydrogens (tertiary/aromatic N) is 3. The summed E-state index contributed by atoms with van der Waals surface area (Å²) in [6, 6.07) is 0. The van der Waals surface area contributed by atoms with Crippen LogP contribution in [0.3, 0.4) is 0 Å². The first kappa shape index (κ1) is 15.1. The van der Waals surface area contributed by atoms with E-state index in [4.69, 9.17) is 4.74 Å². The van der Waals surface area contributed by atoms with E-state index in [9.17, 15) is 8.42 Å². The van der Waals surface area contributed by atoms with Crippen LogP contribution < -0.4 is 10.1 Å². The first-order valence-electron chi connectivity index (χ1n) is 6.53. The Balaban J connectivity index is 2.01. The molecule has 1 fully saturated rings. The van der Waals surface area contributed by atoms with Crippen molar-refractivity contribution < 1.29 is 13.2 Å². The van der Waals surface area contributed by atoms with Gasteiger partial charge in [0.05, 0.1) is 25.6 Å². The quantitative estimate of drug-likeness (QED) is 0.752. The molecular formula is C11H19N5O3S. The van der Waals surface area contributed by atoms with Crippen LogP contribution in [0, 0.1) is 0 Å². The van der Waals surface area contributed by atoms with Gasteiger partial charge < -0.3 is 10.1 Å². The first-order chi connectivity index (χ1) is 9.62. The molecule has 1 aromatic rings. The Labute approximate surface area is 118 Å². The topological polar surface area (TPSA) is 96.5 Å². The van der Waals surface area contributed by atoms with Crippen molar-refractivity contribution in [1.82, 2.24) is 19.8 Å². The number of sulfonamides is 1. The summed E-state index contributed by atoms with van der Waals surface area (Å²) >= 11 is 0. The summed E-state index contributed by atoms with van der Waals surface area (Å²) in [5, 5.41) is 4.60. The standard InChI is InChI=1S/C11H19N5O3S/c1-2-3-12-11-13-8-10(9-14-11)20(17,18)15-16-4-6-19-7-5-16/h8-9,15H,2-7H2,1H3,(H,12,13,14). The maximum Gasteiger partial charge on any atom is 0.256 e. The monoisotopic (exact) mass is 301 g/mol. The molecule has 1 saturated heterocycles. The van der Waals surface area contributed by atoms with E-state index in [1.165, 1.54) is 12.4 Å². The average molecular weight is 301 g/mol. The lowest BCUT2D eigenvalue weighted by molar-refractivity contribution is 0.0272. The number of rotatable bonds is 6. The summed E-state index contributed by atoms with van der Waals surface area (Å²) in [5.74, 6) is 0.428. The summed E-state index contributed by atoms with van der Waals surface area (Å²) in [7, 11) is -3.63. The Hall–Kier alpha value is -1.29. The minimum atomic E-state index is -3.63. The molecule has 112 valence electrons. The lowest BCUT2D eigenvalue weighted by atomic mass is 10.5. The van der Waals surface area contributed by atoms with Crippen LogP contribution in [0.15, 0.2) is 17.3 Å². The molecule has 8 nitrogen and oxygen atoms in total. The summed E-state index contributed by atoms with van der Waals surface area (Å²) in [5.41, 5.74) is 0. The molecule has 0 unspecified atom stereocenters. The maximum atomic E-state index is 12.1. The van der Waals surface area contributed by atoms with Crippen LogP contribution >= 0.6 is 0 Å². The van der Waals surface area contributed by atoms with Crippen LogP contribution in [0.1, 0.15) is 13.3 Å².